The molecule has 0 aromatic carbocycles. The van der Waals surface area contributed by atoms with Crippen molar-refractivity contribution in [2.45, 2.75) is 71.6 Å². The van der Waals surface area contributed by atoms with E-state index in [0.717, 1.165) is 12.8 Å². The van der Waals surface area contributed by atoms with E-state index in [0.29, 0.717) is 13.2 Å². The predicted octanol–water partition coefficient (Wildman–Crippen LogP) is 5.92. The Kier molecular flexibility index (Phi) is 12.8. The first kappa shape index (κ1) is 18.4. The van der Waals surface area contributed by atoms with Crippen molar-refractivity contribution in [2.75, 3.05) is 13.2 Å². The summed E-state index contributed by atoms with van der Waals surface area (Å²) in [5.41, 5.74) is 0. The van der Waals surface area contributed by atoms with E-state index in [1.165, 1.54) is 44.9 Å². The Morgan fingerprint density at radius 2 is 1.33 bits per heavy atom. The Morgan fingerprint density at radius 3 is 1.83 bits per heavy atom. The molecular formula is C13H28ClO3P. The molecular weight excluding hydrogens is 271 g/mol. The topological polar surface area (TPSA) is 35.5 Å². The molecule has 1 atom stereocenters. The van der Waals surface area contributed by atoms with Crippen molar-refractivity contribution in [2.24, 2.45) is 0 Å². The highest BCUT2D eigenvalue weighted by molar-refractivity contribution is 7.81. The van der Waals surface area contributed by atoms with Gasteiger partial charge < -0.3 is 0 Å². The van der Waals surface area contributed by atoms with Crippen LogP contribution in [0.2, 0.25) is 0 Å². The third-order valence-corrected chi connectivity index (χ3v) is 4.42. The molecule has 0 aromatic heterocycles. The minimum atomic E-state index is -3.29. The maximum absolute atomic E-state index is 11.4. The summed E-state index contributed by atoms with van der Waals surface area (Å²) in [7, 11) is 0. The second kappa shape index (κ2) is 12.5. The van der Waals surface area contributed by atoms with Crippen molar-refractivity contribution in [3.05, 3.63) is 0 Å². The molecule has 0 rings (SSSR count). The molecule has 0 aliphatic heterocycles. The van der Waals surface area contributed by atoms with E-state index < -0.39 is 6.95 Å². The van der Waals surface area contributed by atoms with Gasteiger partial charge in [0.15, 0.2) is 0 Å². The van der Waals surface area contributed by atoms with Crippen molar-refractivity contribution in [3.8, 4) is 0 Å². The molecule has 3 nitrogen and oxygen atoms in total. The molecule has 0 amide bonds. The van der Waals surface area contributed by atoms with E-state index >= 15 is 0 Å². The van der Waals surface area contributed by atoms with Gasteiger partial charge in [0, 0.05) is 11.2 Å². The van der Waals surface area contributed by atoms with Crippen LogP contribution in [0.15, 0.2) is 0 Å². The van der Waals surface area contributed by atoms with Crippen LogP contribution in [0.5, 0.6) is 0 Å². The molecule has 0 N–H and O–H groups in total. The van der Waals surface area contributed by atoms with Gasteiger partial charge in [-0.15, -0.1) is 0 Å². The van der Waals surface area contributed by atoms with E-state index in [1.807, 2.05) is 0 Å². The number of hydrogen-bond acceptors (Lipinski definition) is 3. The molecule has 0 fully saturated rings. The predicted molar refractivity (Wildman–Crippen MR) is 78.3 cm³/mol. The fraction of sp³-hybridized carbons (Fsp3) is 1.00. The van der Waals surface area contributed by atoms with E-state index in [2.05, 4.69) is 6.92 Å². The largest absolute Gasteiger partial charge is 0.424 e. The normalized spacial score (nSPS) is 14.6. The molecule has 0 saturated heterocycles. The second-order valence-corrected chi connectivity index (χ2v) is 7.13. The monoisotopic (exact) mass is 298 g/mol. The van der Waals surface area contributed by atoms with Crippen molar-refractivity contribution < 1.29 is 13.6 Å². The van der Waals surface area contributed by atoms with Crippen LogP contribution in [0.1, 0.15) is 71.6 Å². The lowest BCUT2D eigenvalue weighted by Gasteiger charge is -2.09. The van der Waals surface area contributed by atoms with E-state index in [-0.39, 0.29) is 0 Å². The highest BCUT2D eigenvalue weighted by Gasteiger charge is 2.18. The van der Waals surface area contributed by atoms with Gasteiger partial charge in [0.2, 0.25) is 0 Å². The Balaban J connectivity index is 3.18. The number of rotatable bonds is 13. The molecule has 0 saturated carbocycles. The minimum Gasteiger partial charge on any atom is -0.297 e. The lowest BCUT2D eigenvalue weighted by molar-refractivity contribution is 0.222. The fourth-order valence-electron chi connectivity index (χ4n) is 1.78. The van der Waals surface area contributed by atoms with Gasteiger partial charge in [0.25, 0.3) is 0 Å². The summed E-state index contributed by atoms with van der Waals surface area (Å²) in [4.78, 5) is 0. The first-order valence-corrected chi connectivity index (χ1v) is 9.66. The summed E-state index contributed by atoms with van der Waals surface area (Å²) in [6.45, 7) is 1.43. The lowest BCUT2D eigenvalue weighted by atomic mass is 10.1. The molecule has 110 valence electrons. The third kappa shape index (κ3) is 12.9. The van der Waals surface area contributed by atoms with Crippen LogP contribution >= 0.6 is 18.2 Å². The highest BCUT2D eigenvalue weighted by Crippen LogP contribution is 2.53. The quantitative estimate of drug-likeness (QED) is 0.313. The average Bonchev–Trinajstić information content (AvgIpc) is 2.31. The maximum Gasteiger partial charge on any atom is 0.424 e. The van der Waals surface area contributed by atoms with Gasteiger partial charge in [0.05, 0.1) is 13.2 Å². The van der Waals surface area contributed by atoms with Crippen LogP contribution in [0, 0.1) is 0 Å². The number of unbranched alkanes of at least 4 members (excludes halogenated alkanes) is 8. The van der Waals surface area contributed by atoms with Gasteiger partial charge >= 0.3 is 6.95 Å². The van der Waals surface area contributed by atoms with Crippen LogP contribution < -0.4 is 0 Å². The smallest absolute Gasteiger partial charge is 0.297 e. The van der Waals surface area contributed by atoms with Crippen molar-refractivity contribution in [1.82, 2.24) is 0 Å². The molecule has 1 unspecified atom stereocenters. The van der Waals surface area contributed by atoms with Crippen LogP contribution in [-0.4, -0.2) is 13.2 Å². The third-order valence-electron chi connectivity index (χ3n) is 2.78. The summed E-state index contributed by atoms with van der Waals surface area (Å²) >= 11 is 5.56. The van der Waals surface area contributed by atoms with Crippen molar-refractivity contribution >= 4 is 18.2 Å². The first-order valence-electron chi connectivity index (χ1n) is 7.21. The van der Waals surface area contributed by atoms with Crippen molar-refractivity contribution in [3.63, 3.8) is 0 Å². The summed E-state index contributed by atoms with van der Waals surface area (Å²) in [6.07, 6.45) is 11.2. The zero-order valence-electron chi connectivity index (χ0n) is 11.8. The second-order valence-electron chi connectivity index (χ2n) is 4.51. The first-order chi connectivity index (χ1) is 8.62. The highest BCUT2D eigenvalue weighted by atomic mass is 35.7. The molecule has 0 heterocycles. The summed E-state index contributed by atoms with van der Waals surface area (Å²) in [6, 6.07) is 0. The number of halogens is 1. The molecule has 0 bridgehead atoms. The maximum atomic E-state index is 11.4. The molecule has 0 radical (unpaired) electrons. The van der Waals surface area contributed by atoms with Gasteiger partial charge in [-0.25, -0.2) is 4.57 Å². The van der Waals surface area contributed by atoms with E-state index in [1.54, 1.807) is 6.92 Å². The average molecular weight is 299 g/mol. The molecule has 0 aromatic rings. The molecule has 0 spiro atoms. The zero-order valence-corrected chi connectivity index (χ0v) is 13.5. The van der Waals surface area contributed by atoms with Crippen LogP contribution in [-0.2, 0) is 13.6 Å². The summed E-state index contributed by atoms with van der Waals surface area (Å²) in [5.74, 6) is 0. The lowest BCUT2D eigenvalue weighted by Crippen LogP contribution is -1.93. The van der Waals surface area contributed by atoms with E-state index in [4.69, 9.17) is 20.3 Å². The summed E-state index contributed by atoms with van der Waals surface area (Å²) in [5, 5.41) is 0. The number of hydrogen-bond donors (Lipinski definition) is 0. The van der Waals surface area contributed by atoms with Gasteiger partial charge in [-0.2, -0.15) is 0 Å². The molecule has 0 aliphatic carbocycles. The van der Waals surface area contributed by atoms with Gasteiger partial charge in [-0.05, 0) is 13.3 Å². The standard InChI is InChI=1S/C13H28ClO3P/c1-3-5-6-7-8-9-10-11-12-13-17-18(14,15)16-4-2/h3-13H2,1-2H3. The van der Waals surface area contributed by atoms with Gasteiger partial charge in [-0.3, -0.25) is 9.05 Å². The Bertz CT molecular complexity index is 224. The van der Waals surface area contributed by atoms with Crippen LogP contribution in [0.25, 0.3) is 0 Å². The fourth-order valence-corrected chi connectivity index (χ4v) is 3.01. The summed E-state index contributed by atoms with van der Waals surface area (Å²) < 4.78 is 21.2. The van der Waals surface area contributed by atoms with Gasteiger partial charge in [0.1, 0.15) is 0 Å². The SMILES string of the molecule is CCCCCCCCCCCOP(=O)(Cl)OCC. The Hall–Kier alpha value is 0.440. The van der Waals surface area contributed by atoms with E-state index in [9.17, 15) is 4.57 Å². The Labute approximate surface area is 117 Å². The van der Waals surface area contributed by atoms with Crippen molar-refractivity contribution in [1.29, 1.82) is 0 Å². The minimum absolute atomic E-state index is 0.318. The van der Waals surface area contributed by atoms with Crippen LogP contribution in [0.4, 0.5) is 0 Å². The molecule has 5 heteroatoms. The zero-order chi connectivity index (χ0) is 13.7. The van der Waals surface area contributed by atoms with Gasteiger partial charge in [-0.1, -0.05) is 58.3 Å². The van der Waals surface area contributed by atoms with Crippen LogP contribution in [0.3, 0.4) is 0 Å². The molecule has 18 heavy (non-hydrogen) atoms. The molecule has 0 aliphatic rings. The Morgan fingerprint density at radius 1 is 0.833 bits per heavy atom.